The third kappa shape index (κ3) is 5.02. The van der Waals surface area contributed by atoms with E-state index >= 15 is 0 Å². The number of hydrogen-bond acceptors (Lipinski definition) is 7. The minimum absolute atomic E-state index is 0.0618. The number of carbonyl (C=O) groups excluding carboxylic acids is 1. The fourth-order valence-corrected chi connectivity index (χ4v) is 7.85. The van der Waals surface area contributed by atoms with E-state index in [1.807, 2.05) is 11.8 Å². The van der Waals surface area contributed by atoms with E-state index in [1.165, 1.54) is 10.4 Å². The maximum Gasteiger partial charge on any atom is 0.252 e. The van der Waals surface area contributed by atoms with E-state index < -0.39 is 31.6 Å². The van der Waals surface area contributed by atoms with Gasteiger partial charge in [-0.05, 0) is 37.8 Å². The highest BCUT2D eigenvalue weighted by molar-refractivity contribution is 7.91. The molecule has 0 radical (unpaired) electrons. The summed E-state index contributed by atoms with van der Waals surface area (Å²) < 4.78 is 51.0. The normalized spacial score (nSPS) is 22.8. The molecule has 2 aliphatic rings. The van der Waals surface area contributed by atoms with E-state index in [4.69, 9.17) is 11.6 Å². The standard InChI is InChI=1S/C18H28ClN3O5S3/c1-3-4-10-22-17(23)14(7-13-29(2,24)25)20-18(22)8-11-21(12-9-18)30(26,27)16-6-5-15(19)28-16/h5-6,14,20H,3-4,7-13H2,1-2H3. The van der Waals surface area contributed by atoms with Crippen LogP contribution >= 0.6 is 22.9 Å². The van der Waals surface area contributed by atoms with Gasteiger partial charge in [0.25, 0.3) is 10.0 Å². The zero-order valence-electron chi connectivity index (χ0n) is 17.1. The molecular formula is C18H28ClN3O5S3. The van der Waals surface area contributed by atoms with Crippen molar-refractivity contribution in [2.24, 2.45) is 0 Å². The molecule has 0 aromatic carbocycles. The summed E-state index contributed by atoms with van der Waals surface area (Å²) in [5, 5.41) is 3.38. The summed E-state index contributed by atoms with van der Waals surface area (Å²) in [6, 6.07) is 2.52. The number of hydrogen-bond donors (Lipinski definition) is 1. The molecular weight excluding hydrogens is 470 g/mol. The largest absolute Gasteiger partial charge is 0.323 e. The summed E-state index contributed by atoms with van der Waals surface area (Å²) in [4.78, 5) is 14.8. The highest BCUT2D eigenvalue weighted by atomic mass is 35.5. The Kier molecular flexibility index (Phi) is 7.20. The third-order valence-corrected chi connectivity index (χ3v) is 10.3. The Morgan fingerprint density at radius 3 is 2.43 bits per heavy atom. The first-order valence-electron chi connectivity index (χ1n) is 10.0. The molecule has 1 aromatic rings. The Hall–Kier alpha value is -0.720. The summed E-state index contributed by atoms with van der Waals surface area (Å²) in [6.45, 7) is 3.17. The van der Waals surface area contributed by atoms with Crippen molar-refractivity contribution < 1.29 is 21.6 Å². The lowest BCUT2D eigenvalue weighted by molar-refractivity contribution is -0.133. The fraction of sp³-hybridized carbons (Fsp3) is 0.722. The number of nitrogens with zero attached hydrogens (tertiary/aromatic N) is 2. The molecule has 1 spiro atoms. The minimum Gasteiger partial charge on any atom is -0.323 e. The summed E-state index contributed by atoms with van der Waals surface area (Å²) >= 11 is 6.94. The average molecular weight is 498 g/mol. The van der Waals surface area contributed by atoms with Gasteiger partial charge in [0, 0.05) is 25.9 Å². The first-order chi connectivity index (χ1) is 14.0. The SMILES string of the molecule is CCCCN1C(=O)C(CCS(C)(=O)=O)NC12CCN(S(=O)(=O)c1ccc(Cl)s1)CC2. The summed E-state index contributed by atoms with van der Waals surface area (Å²) in [5.74, 6) is -0.151. The molecule has 1 N–H and O–H groups in total. The molecule has 3 heterocycles. The van der Waals surface area contributed by atoms with Gasteiger partial charge in [0.2, 0.25) is 5.91 Å². The van der Waals surface area contributed by atoms with E-state index in [2.05, 4.69) is 5.32 Å². The van der Waals surface area contributed by atoms with Crippen LogP contribution in [0.4, 0.5) is 0 Å². The maximum absolute atomic E-state index is 13.0. The summed E-state index contributed by atoms with van der Waals surface area (Å²) in [6.07, 6.45) is 4.05. The van der Waals surface area contributed by atoms with Crippen LogP contribution in [0.3, 0.4) is 0 Å². The van der Waals surface area contributed by atoms with E-state index in [-0.39, 0.29) is 35.4 Å². The topological polar surface area (TPSA) is 104 Å². The summed E-state index contributed by atoms with van der Waals surface area (Å²) in [7, 11) is -6.80. The van der Waals surface area contributed by atoms with Gasteiger partial charge >= 0.3 is 0 Å². The molecule has 2 fully saturated rings. The molecule has 1 aromatic heterocycles. The van der Waals surface area contributed by atoms with Crippen LogP contribution in [0.25, 0.3) is 0 Å². The van der Waals surface area contributed by atoms with Gasteiger partial charge in [-0.3, -0.25) is 10.1 Å². The van der Waals surface area contributed by atoms with Crippen LogP contribution in [-0.4, -0.2) is 75.3 Å². The smallest absolute Gasteiger partial charge is 0.252 e. The molecule has 8 nitrogen and oxygen atoms in total. The van der Waals surface area contributed by atoms with Crippen molar-refractivity contribution in [3.8, 4) is 0 Å². The van der Waals surface area contributed by atoms with Crippen molar-refractivity contribution in [2.75, 3.05) is 31.6 Å². The van der Waals surface area contributed by atoms with Crippen molar-refractivity contribution in [3.63, 3.8) is 0 Å². The Morgan fingerprint density at radius 2 is 1.90 bits per heavy atom. The van der Waals surface area contributed by atoms with E-state index in [0.29, 0.717) is 23.7 Å². The number of rotatable bonds is 8. The first kappa shape index (κ1) is 23.9. The van der Waals surface area contributed by atoms with Crippen LogP contribution < -0.4 is 5.32 Å². The van der Waals surface area contributed by atoms with Gasteiger partial charge in [0.15, 0.2) is 0 Å². The zero-order chi connectivity index (χ0) is 22.2. The molecule has 2 aliphatic heterocycles. The monoisotopic (exact) mass is 497 g/mol. The van der Waals surface area contributed by atoms with Gasteiger partial charge in [-0.2, -0.15) is 4.31 Å². The number of halogens is 1. The van der Waals surface area contributed by atoms with E-state index in [0.717, 1.165) is 30.4 Å². The highest BCUT2D eigenvalue weighted by Gasteiger charge is 2.52. The van der Waals surface area contributed by atoms with Gasteiger partial charge in [-0.1, -0.05) is 24.9 Å². The lowest BCUT2D eigenvalue weighted by Gasteiger charge is -2.44. The zero-order valence-corrected chi connectivity index (χ0v) is 20.3. The molecule has 0 bridgehead atoms. The number of sulfone groups is 1. The summed E-state index contributed by atoms with van der Waals surface area (Å²) in [5.41, 5.74) is -0.631. The Bertz CT molecular complexity index is 984. The number of carbonyl (C=O) groups is 1. The Morgan fingerprint density at radius 1 is 1.23 bits per heavy atom. The minimum atomic E-state index is -3.62. The quantitative estimate of drug-likeness (QED) is 0.588. The van der Waals surface area contributed by atoms with Crippen molar-refractivity contribution in [1.82, 2.24) is 14.5 Å². The predicted octanol–water partition coefficient (Wildman–Crippen LogP) is 1.92. The van der Waals surface area contributed by atoms with Crippen molar-refractivity contribution in [1.29, 1.82) is 0 Å². The number of thiophene rings is 1. The van der Waals surface area contributed by atoms with Crippen molar-refractivity contribution in [2.45, 2.75) is 54.9 Å². The number of sulfonamides is 1. The Balaban J connectivity index is 1.76. The number of unbranched alkanes of at least 4 members (excludes halogenated alkanes) is 1. The van der Waals surface area contributed by atoms with Gasteiger partial charge < -0.3 is 4.90 Å². The second-order valence-electron chi connectivity index (χ2n) is 7.95. The second-order valence-corrected chi connectivity index (χ2v) is 14.1. The number of amides is 1. The van der Waals surface area contributed by atoms with Gasteiger partial charge in [-0.25, -0.2) is 16.8 Å². The Labute approximate surface area is 187 Å². The first-order valence-corrected chi connectivity index (χ1v) is 14.7. The van der Waals surface area contributed by atoms with Crippen LogP contribution in [0.2, 0.25) is 4.34 Å². The lowest BCUT2D eigenvalue weighted by atomic mass is 9.97. The number of piperidine rings is 1. The molecule has 1 atom stereocenters. The van der Waals surface area contributed by atoms with E-state index in [1.54, 1.807) is 6.07 Å². The van der Waals surface area contributed by atoms with Crippen molar-refractivity contribution in [3.05, 3.63) is 16.5 Å². The van der Waals surface area contributed by atoms with Gasteiger partial charge in [-0.15, -0.1) is 11.3 Å². The third-order valence-electron chi connectivity index (χ3n) is 5.73. The van der Waals surface area contributed by atoms with Crippen LogP contribution in [0.1, 0.15) is 39.0 Å². The highest BCUT2D eigenvalue weighted by Crippen LogP contribution is 2.36. The number of nitrogens with one attached hydrogen (secondary N) is 1. The van der Waals surface area contributed by atoms with Gasteiger partial charge in [0.1, 0.15) is 14.0 Å². The maximum atomic E-state index is 13.0. The van der Waals surface area contributed by atoms with Crippen LogP contribution in [0.5, 0.6) is 0 Å². The second kappa shape index (κ2) is 9.03. The molecule has 3 rings (SSSR count). The molecule has 1 unspecified atom stereocenters. The average Bonchev–Trinajstić information content (AvgIpc) is 3.21. The molecule has 0 aliphatic carbocycles. The molecule has 1 amide bonds. The fourth-order valence-electron chi connectivity index (χ4n) is 4.11. The van der Waals surface area contributed by atoms with Crippen LogP contribution in [0, 0.1) is 0 Å². The molecule has 12 heteroatoms. The lowest BCUT2D eigenvalue weighted by Crippen LogP contribution is -2.59. The molecule has 2 saturated heterocycles. The van der Waals surface area contributed by atoms with Gasteiger partial charge in [0.05, 0.1) is 21.8 Å². The molecule has 0 saturated carbocycles. The van der Waals surface area contributed by atoms with Crippen LogP contribution in [-0.2, 0) is 24.7 Å². The van der Waals surface area contributed by atoms with Crippen LogP contribution in [0.15, 0.2) is 16.3 Å². The predicted molar refractivity (Wildman–Crippen MR) is 118 cm³/mol. The van der Waals surface area contributed by atoms with Crippen molar-refractivity contribution >= 4 is 48.7 Å². The molecule has 170 valence electrons. The molecule has 30 heavy (non-hydrogen) atoms. The van der Waals surface area contributed by atoms with E-state index in [9.17, 15) is 21.6 Å².